The molecule has 1 N–H and O–H groups in total. The average Bonchev–Trinajstić information content (AvgIpc) is 2.49. The van der Waals surface area contributed by atoms with E-state index in [0.717, 1.165) is 12.0 Å². The summed E-state index contributed by atoms with van der Waals surface area (Å²) in [4.78, 5) is 0. The lowest BCUT2D eigenvalue weighted by atomic mass is 10.0. The molecule has 1 rings (SSSR count). The minimum atomic E-state index is 0.159. The summed E-state index contributed by atoms with van der Waals surface area (Å²) in [5, 5.41) is 9.11. The highest BCUT2D eigenvalue weighted by atomic mass is 16.3. The first kappa shape index (κ1) is 17.2. The van der Waals surface area contributed by atoms with Crippen molar-refractivity contribution in [3.05, 3.63) is 35.4 Å². The number of unbranched alkanes of at least 4 members (excludes halogenated alkanes) is 9. The van der Waals surface area contributed by atoms with Gasteiger partial charge in [0.05, 0.1) is 6.61 Å². The van der Waals surface area contributed by atoms with Gasteiger partial charge < -0.3 is 5.11 Å². The number of aliphatic hydroxyl groups excluding tert-OH is 1. The average molecular weight is 276 g/mol. The number of hydrogen-bond acceptors (Lipinski definition) is 1. The van der Waals surface area contributed by atoms with Crippen molar-refractivity contribution in [3.63, 3.8) is 0 Å². The molecule has 1 nitrogen and oxygen atoms in total. The molecular formula is C19H32O. The van der Waals surface area contributed by atoms with Gasteiger partial charge in [0.1, 0.15) is 0 Å². The third kappa shape index (κ3) is 8.37. The van der Waals surface area contributed by atoms with Crippen LogP contribution in [0.4, 0.5) is 0 Å². The second-order valence-electron chi connectivity index (χ2n) is 5.91. The van der Waals surface area contributed by atoms with Crippen molar-refractivity contribution in [2.24, 2.45) is 0 Å². The van der Waals surface area contributed by atoms with Crippen LogP contribution in [0.1, 0.15) is 82.3 Å². The van der Waals surface area contributed by atoms with E-state index in [1.165, 1.54) is 69.8 Å². The molecular weight excluding hydrogens is 244 g/mol. The van der Waals surface area contributed by atoms with Crippen LogP contribution >= 0.6 is 0 Å². The van der Waals surface area contributed by atoms with Crippen molar-refractivity contribution in [1.82, 2.24) is 0 Å². The summed E-state index contributed by atoms with van der Waals surface area (Å²) in [7, 11) is 0. The van der Waals surface area contributed by atoms with Crippen molar-refractivity contribution in [2.45, 2.75) is 84.2 Å². The van der Waals surface area contributed by atoms with Gasteiger partial charge >= 0.3 is 0 Å². The number of hydrogen-bond donors (Lipinski definition) is 1. The molecule has 0 amide bonds. The van der Waals surface area contributed by atoms with Gasteiger partial charge in [-0.3, -0.25) is 0 Å². The van der Waals surface area contributed by atoms with E-state index in [1.807, 2.05) is 6.07 Å². The van der Waals surface area contributed by atoms with Crippen LogP contribution in [0, 0.1) is 0 Å². The predicted octanol–water partition coefficient (Wildman–Crippen LogP) is 5.64. The molecule has 0 saturated heterocycles. The van der Waals surface area contributed by atoms with Gasteiger partial charge in [0.15, 0.2) is 0 Å². The molecule has 0 heterocycles. The zero-order valence-electron chi connectivity index (χ0n) is 13.2. The van der Waals surface area contributed by atoms with Gasteiger partial charge in [0, 0.05) is 0 Å². The topological polar surface area (TPSA) is 20.2 Å². The largest absolute Gasteiger partial charge is 0.392 e. The van der Waals surface area contributed by atoms with Crippen molar-refractivity contribution in [3.8, 4) is 0 Å². The molecule has 0 fully saturated rings. The molecule has 0 bridgehead atoms. The highest BCUT2D eigenvalue weighted by molar-refractivity contribution is 5.22. The van der Waals surface area contributed by atoms with Crippen molar-refractivity contribution >= 4 is 0 Å². The first-order chi connectivity index (χ1) is 9.86. The first-order valence-corrected chi connectivity index (χ1v) is 8.55. The standard InChI is InChI=1S/C19H32O/c1-2-3-4-5-6-7-8-9-10-11-13-18-14-12-15-19(16-18)17-20/h12,14-16,20H,2-11,13,17H2,1H3. The number of benzene rings is 1. The van der Waals surface area contributed by atoms with Gasteiger partial charge in [-0.2, -0.15) is 0 Å². The van der Waals surface area contributed by atoms with Crippen LogP contribution < -0.4 is 0 Å². The summed E-state index contributed by atoms with van der Waals surface area (Å²) in [5.74, 6) is 0. The zero-order chi connectivity index (χ0) is 14.5. The Bertz CT molecular complexity index is 332. The SMILES string of the molecule is CCCCCCCCCCCCc1cccc(CO)c1. The first-order valence-electron chi connectivity index (χ1n) is 8.55. The van der Waals surface area contributed by atoms with Crippen LogP contribution in [0.15, 0.2) is 24.3 Å². The van der Waals surface area contributed by atoms with Gasteiger partial charge in [-0.25, -0.2) is 0 Å². The van der Waals surface area contributed by atoms with E-state index in [1.54, 1.807) is 0 Å². The number of aliphatic hydroxyl groups is 1. The summed E-state index contributed by atoms with van der Waals surface area (Å²) in [5.41, 5.74) is 2.41. The van der Waals surface area contributed by atoms with Gasteiger partial charge in [-0.1, -0.05) is 89.0 Å². The van der Waals surface area contributed by atoms with E-state index in [0.29, 0.717) is 0 Å². The van der Waals surface area contributed by atoms with Crippen LogP contribution in [-0.2, 0) is 13.0 Å². The third-order valence-electron chi connectivity index (χ3n) is 3.99. The van der Waals surface area contributed by atoms with Crippen LogP contribution in [0.5, 0.6) is 0 Å². The molecule has 0 unspecified atom stereocenters. The fraction of sp³-hybridized carbons (Fsp3) is 0.684. The molecule has 20 heavy (non-hydrogen) atoms. The second kappa shape index (κ2) is 12.0. The van der Waals surface area contributed by atoms with Crippen LogP contribution in [-0.4, -0.2) is 5.11 Å². The van der Waals surface area contributed by atoms with Gasteiger partial charge in [-0.05, 0) is 24.0 Å². The fourth-order valence-corrected chi connectivity index (χ4v) is 2.70. The van der Waals surface area contributed by atoms with E-state index in [9.17, 15) is 0 Å². The van der Waals surface area contributed by atoms with Gasteiger partial charge in [0.25, 0.3) is 0 Å². The molecule has 114 valence electrons. The molecule has 0 aromatic heterocycles. The molecule has 0 spiro atoms. The number of rotatable bonds is 12. The Kier molecular flexibility index (Phi) is 10.3. The quantitative estimate of drug-likeness (QED) is 0.490. The molecule has 0 atom stereocenters. The minimum absolute atomic E-state index is 0.159. The summed E-state index contributed by atoms with van der Waals surface area (Å²) in [6, 6.07) is 8.35. The lowest BCUT2D eigenvalue weighted by molar-refractivity contribution is 0.281. The zero-order valence-corrected chi connectivity index (χ0v) is 13.2. The summed E-state index contributed by atoms with van der Waals surface area (Å²) in [6.07, 6.45) is 15.0. The lowest BCUT2D eigenvalue weighted by Crippen LogP contribution is -1.89. The molecule has 1 heteroatoms. The molecule has 0 aliphatic rings. The maximum Gasteiger partial charge on any atom is 0.0681 e. The molecule has 0 radical (unpaired) electrons. The highest BCUT2D eigenvalue weighted by Crippen LogP contribution is 2.13. The van der Waals surface area contributed by atoms with E-state index in [-0.39, 0.29) is 6.61 Å². The van der Waals surface area contributed by atoms with Crippen LogP contribution in [0.2, 0.25) is 0 Å². The summed E-state index contributed by atoms with van der Waals surface area (Å²) >= 11 is 0. The Hall–Kier alpha value is -0.820. The van der Waals surface area contributed by atoms with E-state index >= 15 is 0 Å². The Balaban J connectivity index is 1.94. The smallest absolute Gasteiger partial charge is 0.0681 e. The number of aryl methyl sites for hydroxylation is 1. The van der Waals surface area contributed by atoms with Crippen molar-refractivity contribution in [1.29, 1.82) is 0 Å². The maximum absolute atomic E-state index is 9.11. The molecule has 0 aliphatic heterocycles. The highest BCUT2D eigenvalue weighted by Gasteiger charge is 1.96. The summed E-state index contributed by atoms with van der Waals surface area (Å²) in [6.45, 7) is 2.43. The Morgan fingerprint density at radius 1 is 0.750 bits per heavy atom. The van der Waals surface area contributed by atoms with Crippen molar-refractivity contribution in [2.75, 3.05) is 0 Å². The molecule has 1 aromatic rings. The molecule has 1 aromatic carbocycles. The summed E-state index contributed by atoms with van der Waals surface area (Å²) < 4.78 is 0. The lowest BCUT2D eigenvalue weighted by Gasteiger charge is -2.04. The van der Waals surface area contributed by atoms with E-state index < -0.39 is 0 Å². The third-order valence-corrected chi connectivity index (χ3v) is 3.99. The van der Waals surface area contributed by atoms with Crippen LogP contribution in [0.3, 0.4) is 0 Å². The molecule has 0 saturated carbocycles. The van der Waals surface area contributed by atoms with Gasteiger partial charge in [0.2, 0.25) is 0 Å². The van der Waals surface area contributed by atoms with E-state index in [2.05, 4.69) is 25.1 Å². The Morgan fingerprint density at radius 3 is 1.90 bits per heavy atom. The monoisotopic (exact) mass is 276 g/mol. The molecule has 0 aliphatic carbocycles. The Labute approximate surface area is 125 Å². The predicted molar refractivity (Wildman–Crippen MR) is 87.9 cm³/mol. The second-order valence-corrected chi connectivity index (χ2v) is 5.91. The fourth-order valence-electron chi connectivity index (χ4n) is 2.70. The van der Waals surface area contributed by atoms with E-state index in [4.69, 9.17) is 5.11 Å². The van der Waals surface area contributed by atoms with Crippen molar-refractivity contribution < 1.29 is 5.11 Å². The normalized spacial score (nSPS) is 10.9. The van der Waals surface area contributed by atoms with Gasteiger partial charge in [-0.15, -0.1) is 0 Å². The minimum Gasteiger partial charge on any atom is -0.392 e. The maximum atomic E-state index is 9.11. The van der Waals surface area contributed by atoms with Crippen LogP contribution in [0.25, 0.3) is 0 Å². The Morgan fingerprint density at radius 2 is 1.30 bits per heavy atom.